The molecular weight excluding hydrogens is 478 g/mol. The summed E-state index contributed by atoms with van der Waals surface area (Å²) in [6.07, 6.45) is 5.75. The highest BCUT2D eigenvalue weighted by Crippen LogP contribution is 2.42. The highest BCUT2D eigenvalue weighted by Gasteiger charge is 2.34. The van der Waals surface area contributed by atoms with E-state index in [-0.39, 0.29) is 17.9 Å². The minimum atomic E-state index is -0.00440. The molecule has 1 fully saturated rings. The fourth-order valence-corrected chi connectivity index (χ4v) is 6.46. The van der Waals surface area contributed by atoms with Gasteiger partial charge in [0.1, 0.15) is 29.3 Å². The number of aryl methyl sites for hydroxylation is 1. The van der Waals surface area contributed by atoms with Gasteiger partial charge < -0.3 is 25.4 Å². The lowest BCUT2D eigenvalue weighted by atomic mass is 9.86. The number of carbonyl (C=O) groups is 1. The normalized spacial score (nSPS) is 20.0. The number of ether oxygens (including phenoxy) is 2. The van der Waals surface area contributed by atoms with Gasteiger partial charge in [-0.15, -0.1) is 11.3 Å². The molecule has 36 heavy (non-hydrogen) atoms. The number of hydrogen-bond donors (Lipinski definition) is 3. The lowest BCUT2D eigenvalue weighted by Gasteiger charge is -2.36. The van der Waals surface area contributed by atoms with Gasteiger partial charge in [0, 0.05) is 35.3 Å². The first-order valence-electron chi connectivity index (χ1n) is 12.3. The average Bonchev–Trinajstić information content (AvgIpc) is 3.51. The molecule has 0 saturated carbocycles. The van der Waals surface area contributed by atoms with Crippen LogP contribution in [0.25, 0.3) is 21.1 Å². The van der Waals surface area contributed by atoms with Crippen LogP contribution >= 0.6 is 11.3 Å². The molecule has 1 amide bonds. The molecular formula is C25H29N7O3S. The lowest BCUT2D eigenvalue weighted by Crippen LogP contribution is -2.50. The van der Waals surface area contributed by atoms with Crippen LogP contribution in [0.4, 0.5) is 11.5 Å². The Kier molecular flexibility index (Phi) is 6.20. The van der Waals surface area contributed by atoms with E-state index in [1.54, 1.807) is 23.9 Å². The number of fused-ring (bicyclic) bond motifs is 4. The molecule has 3 aromatic heterocycles. The van der Waals surface area contributed by atoms with Gasteiger partial charge in [-0.25, -0.2) is 9.97 Å². The number of nitrogens with zero attached hydrogens (tertiary/aromatic N) is 4. The van der Waals surface area contributed by atoms with E-state index < -0.39 is 0 Å². The Labute approximate surface area is 212 Å². The number of nitrogens with one attached hydrogen (secondary N) is 2. The van der Waals surface area contributed by atoms with Crippen LogP contribution < -0.4 is 15.8 Å². The largest absolute Gasteiger partial charge is 0.490 e. The monoisotopic (exact) mass is 507 g/mol. The number of hydrogen-bond acceptors (Lipinski definition) is 9. The van der Waals surface area contributed by atoms with Gasteiger partial charge in [-0.3, -0.25) is 9.89 Å². The zero-order chi connectivity index (χ0) is 24.6. The number of carbonyl (C=O) groups excluding carboxylic acids is 1. The molecule has 2 aliphatic rings. The predicted molar refractivity (Wildman–Crippen MR) is 139 cm³/mol. The minimum Gasteiger partial charge on any atom is -0.490 e. The molecule has 4 heterocycles. The van der Waals surface area contributed by atoms with Crippen molar-refractivity contribution in [3.63, 3.8) is 0 Å². The maximum atomic E-state index is 13.3. The van der Waals surface area contributed by atoms with Gasteiger partial charge in [0.15, 0.2) is 0 Å². The number of thiophene rings is 1. The van der Waals surface area contributed by atoms with Crippen molar-refractivity contribution < 1.29 is 14.3 Å². The third-order valence-electron chi connectivity index (χ3n) is 7.01. The third-order valence-corrected chi connectivity index (χ3v) is 8.18. The number of aromatic nitrogens is 4. The molecule has 4 aromatic rings. The van der Waals surface area contributed by atoms with E-state index in [0.717, 1.165) is 51.9 Å². The lowest BCUT2D eigenvalue weighted by molar-refractivity contribution is -0.143. The molecule has 0 bridgehead atoms. The van der Waals surface area contributed by atoms with Gasteiger partial charge in [0.2, 0.25) is 5.91 Å². The van der Waals surface area contributed by atoms with Crippen molar-refractivity contribution in [3.05, 3.63) is 35.1 Å². The molecule has 1 aliphatic heterocycles. The van der Waals surface area contributed by atoms with Crippen LogP contribution in [0.2, 0.25) is 0 Å². The SMILES string of the molecule is C[C@H]1COCCN1C(=O)[C@H]1CCc2c(sc3ncnc(Nc4cc5cn[nH]c5cc4OCCN)c23)C1. The summed E-state index contributed by atoms with van der Waals surface area (Å²) in [6.45, 7) is 4.77. The maximum absolute atomic E-state index is 13.3. The van der Waals surface area contributed by atoms with E-state index in [1.165, 1.54) is 10.4 Å². The summed E-state index contributed by atoms with van der Waals surface area (Å²) in [5, 5.41) is 12.6. The van der Waals surface area contributed by atoms with Crippen molar-refractivity contribution >= 4 is 49.9 Å². The molecule has 11 heteroatoms. The van der Waals surface area contributed by atoms with Gasteiger partial charge in [0.25, 0.3) is 0 Å². The molecule has 1 aromatic carbocycles. The second kappa shape index (κ2) is 9.64. The second-order valence-corrected chi connectivity index (χ2v) is 10.5. The number of anilines is 2. The Morgan fingerprint density at radius 2 is 2.31 bits per heavy atom. The number of H-pyrrole nitrogens is 1. The molecule has 1 aliphatic carbocycles. The molecule has 188 valence electrons. The smallest absolute Gasteiger partial charge is 0.226 e. The summed E-state index contributed by atoms with van der Waals surface area (Å²) in [5.74, 6) is 1.66. The Balaban J connectivity index is 1.31. The van der Waals surface area contributed by atoms with E-state index in [4.69, 9.17) is 15.2 Å². The van der Waals surface area contributed by atoms with Crippen LogP contribution in [0.3, 0.4) is 0 Å². The first kappa shape index (κ1) is 23.1. The van der Waals surface area contributed by atoms with E-state index in [0.29, 0.717) is 38.7 Å². The van der Waals surface area contributed by atoms with E-state index in [2.05, 4.69) is 32.4 Å². The number of rotatable bonds is 6. The van der Waals surface area contributed by atoms with Crippen molar-refractivity contribution in [1.29, 1.82) is 0 Å². The summed E-state index contributed by atoms with van der Waals surface area (Å²) >= 11 is 1.67. The molecule has 0 spiro atoms. The third kappa shape index (κ3) is 4.16. The van der Waals surface area contributed by atoms with Crippen molar-refractivity contribution in [2.45, 2.75) is 32.2 Å². The van der Waals surface area contributed by atoms with Crippen molar-refractivity contribution in [3.8, 4) is 5.75 Å². The fraction of sp³-hybridized carbons (Fsp3) is 0.440. The number of amides is 1. The molecule has 4 N–H and O–H groups in total. The van der Waals surface area contributed by atoms with Crippen molar-refractivity contribution in [2.75, 3.05) is 38.2 Å². The van der Waals surface area contributed by atoms with Crippen LogP contribution in [-0.4, -0.2) is 69.9 Å². The molecule has 6 rings (SSSR count). The number of aromatic amines is 1. The van der Waals surface area contributed by atoms with Gasteiger partial charge in [-0.1, -0.05) is 0 Å². The maximum Gasteiger partial charge on any atom is 0.226 e. The van der Waals surface area contributed by atoms with Gasteiger partial charge >= 0.3 is 0 Å². The van der Waals surface area contributed by atoms with Gasteiger partial charge in [-0.05, 0) is 37.8 Å². The van der Waals surface area contributed by atoms with Crippen LogP contribution in [0.5, 0.6) is 5.75 Å². The van der Waals surface area contributed by atoms with Crippen LogP contribution in [-0.2, 0) is 22.4 Å². The van der Waals surface area contributed by atoms with Crippen LogP contribution in [0.1, 0.15) is 23.8 Å². The van der Waals surface area contributed by atoms with Crippen molar-refractivity contribution in [2.24, 2.45) is 11.7 Å². The predicted octanol–water partition coefficient (Wildman–Crippen LogP) is 3.00. The van der Waals surface area contributed by atoms with E-state index in [1.807, 2.05) is 17.0 Å². The zero-order valence-electron chi connectivity index (χ0n) is 20.1. The van der Waals surface area contributed by atoms with E-state index >= 15 is 0 Å². The average molecular weight is 508 g/mol. The highest BCUT2D eigenvalue weighted by molar-refractivity contribution is 7.19. The molecule has 2 atom stereocenters. The number of benzene rings is 1. The summed E-state index contributed by atoms with van der Waals surface area (Å²) in [4.78, 5) is 26.6. The van der Waals surface area contributed by atoms with Crippen molar-refractivity contribution in [1.82, 2.24) is 25.1 Å². The zero-order valence-corrected chi connectivity index (χ0v) is 20.9. The highest BCUT2D eigenvalue weighted by atomic mass is 32.1. The van der Waals surface area contributed by atoms with Gasteiger partial charge in [-0.2, -0.15) is 5.10 Å². The van der Waals surface area contributed by atoms with Crippen LogP contribution in [0.15, 0.2) is 24.7 Å². The Hall–Kier alpha value is -3.28. The van der Waals surface area contributed by atoms with Crippen LogP contribution in [0, 0.1) is 5.92 Å². The Morgan fingerprint density at radius 1 is 1.39 bits per heavy atom. The minimum absolute atomic E-state index is 0.00440. The first-order valence-corrected chi connectivity index (χ1v) is 13.1. The quantitative estimate of drug-likeness (QED) is 0.363. The first-order chi connectivity index (χ1) is 17.6. The fourth-order valence-electron chi connectivity index (χ4n) is 5.19. The summed E-state index contributed by atoms with van der Waals surface area (Å²) in [5.41, 5.74) is 8.60. The Morgan fingerprint density at radius 3 is 3.17 bits per heavy atom. The molecule has 0 radical (unpaired) electrons. The van der Waals surface area contributed by atoms with Gasteiger partial charge in [0.05, 0.1) is 42.0 Å². The topological polar surface area (TPSA) is 131 Å². The Bertz CT molecular complexity index is 1420. The molecule has 1 saturated heterocycles. The summed E-state index contributed by atoms with van der Waals surface area (Å²) < 4.78 is 11.4. The molecule has 0 unspecified atom stereocenters. The summed E-state index contributed by atoms with van der Waals surface area (Å²) in [7, 11) is 0. The standard InChI is InChI=1S/C25H29N7O3S/c1-14-12-34-7-5-32(14)25(33)15-2-3-17-21(9-15)36-24-22(17)23(27-13-28-24)30-19-8-16-11-29-31-18(16)10-20(19)35-6-4-26/h8,10-11,13-15H,2-7,9,12,26H2,1H3,(H,29,31)(H,27,28,30)/t14-,15-/m0/s1. The number of morpholine rings is 1. The summed E-state index contributed by atoms with van der Waals surface area (Å²) in [6, 6.07) is 4.04. The number of nitrogens with two attached hydrogens (primary N) is 1. The van der Waals surface area contributed by atoms with E-state index in [9.17, 15) is 4.79 Å². The second-order valence-electron chi connectivity index (χ2n) is 9.37. The molecule has 10 nitrogen and oxygen atoms in total.